The maximum Gasteiger partial charge on any atom is 0.272 e. The van der Waals surface area contributed by atoms with Crippen LogP contribution in [-0.4, -0.2) is 28.7 Å². The van der Waals surface area contributed by atoms with Gasteiger partial charge in [-0.25, -0.2) is 0 Å². The molecule has 0 saturated heterocycles. The number of hydrogen-bond donors (Lipinski definition) is 2. The molecule has 0 saturated carbocycles. The fourth-order valence-electron chi connectivity index (χ4n) is 1.71. The van der Waals surface area contributed by atoms with Gasteiger partial charge in [-0.05, 0) is 31.9 Å². The Morgan fingerprint density at radius 1 is 1.28 bits per heavy atom. The SMILES string of the molecule is CCCC(CC)NC(=O)c1ccc(NCC)nn1. The van der Waals surface area contributed by atoms with Gasteiger partial charge in [0, 0.05) is 12.6 Å². The molecule has 100 valence electrons. The van der Waals surface area contributed by atoms with Gasteiger partial charge in [-0.3, -0.25) is 4.79 Å². The Morgan fingerprint density at radius 3 is 2.56 bits per heavy atom. The van der Waals surface area contributed by atoms with E-state index in [0.717, 1.165) is 25.8 Å². The van der Waals surface area contributed by atoms with E-state index >= 15 is 0 Å². The van der Waals surface area contributed by atoms with Gasteiger partial charge < -0.3 is 10.6 Å². The molecule has 1 heterocycles. The first-order valence-corrected chi connectivity index (χ1v) is 6.59. The van der Waals surface area contributed by atoms with E-state index in [2.05, 4.69) is 34.7 Å². The Bertz CT molecular complexity index is 364. The average molecular weight is 250 g/mol. The summed E-state index contributed by atoms with van der Waals surface area (Å²) in [6, 6.07) is 3.68. The number of anilines is 1. The number of aromatic nitrogens is 2. The lowest BCUT2D eigenvalue weighted by atomic mass is 10.1. The molecule has 1 aromatic rings. The summed E-state index contributed by atoms with van der Waals surface area (Å²) < 4.78 is 0. The largest absolute Gasteiger partial charge is 0.369 e. The fraction of sp³-hybridized carbons (Fsp3) is 0.615. The van der Waals surface area contributed by atoms with Gasteiger partial charge >= 0.3 is 0 Å². The molecule has 5 heteroatoms. The summed E-state index contributed by atoms with van der Waals surface area (Å²) in [6.45, 7) is 6.95. The van der Waals surface area contributed by atoms with Gasteiger partial charge in [0.15, 0.2) is 5.69 Å². The highest BCUT2D eigenvalue weighted by molar-refractivity contribution is 5.92. The first kappa shape index (κ1) is 14.4. The Balaban J connectivity index is 2.60. The summed E-state index contributed by atoms with van der Waals surface area (Å²) in [5.74, 6) is 0.542. The summed E-state index contributed by atoms with van der Waals surface area (Å²) in [6.07, 6.45) is 2.98. The Kier molecular flexibility index (Phi) is 6.11. The molecule has 0 fully saturated rings. The van der Waals surface area contributed by atoms with E-state index < -0.39 is 0 Å². The lowest BCUT2D eigenvalue weighted by Gasteiger charge is -2.15. The van der Waals surface area contributed by atoms with Gasteiger partial charge in [-0.2, -0.15) is 0 Å². The number of nitrogens with one attached hydrogen (secondary N) is 2. The van der Waals surface area contributed by atoms with Crippen LogP contribution in [0.5, 0.6) is 0 Å². The first-order chi connectivity index (χ1) is 8.71. The molecule has 0 aliphatic heterocycles. The topological polar surface area (TPSA) is 66.9 Å². The maximum absolute atomic E-state index is 11.9. The second-order valence-corrected chi connectivity index (χ2v) is 4.20. The van der Waals surface area contributed by atoms with E-state index in [9.17, 15) is 4.79 Å². The molecule has 0 radical (unpaired) electrons. The normalized spacial score (nSPS) is 11.9. The molecule has 5 nitrogen and oxygen atoms in total. The Morgan fingerprint density at radius 2 is 2.06 bits per heavy atom. The second kappa shape index (κ2) is 7.63. The lowest BCUT2D eigenvalue weighted by Crippen LogP contribution is -2.34. The third-order valence-electron chi connectivity index (χ3n) is 2.72. The monoisotopic (exact) mass is 250 g/mol. The van der Waals surface area contributed by atoms with Crippen molar-refractivity contribution in [3.8, 4) is 0 Å². The fourth-order valence-corrected chi connectivity index (χ4v) is 1.71. The van der Waals surface area contributed by atoms with Crippen LogP contribution in [0.25, 0.3) is 0 Å². The zero-order valence-corrected chi connectivity index (χ0v) is 11.4. The Labute approximate surface area is 108 Å². The van der Waals surface area contributed by atoms with Crippen molar-refractivity contribution in [2.24, 2.45) is 0 Å². The number of amides is 1. The van der Waals surface area contributed by atoms with Crippen LogP contribution >= 0.6 is 0 Å². The average Bonchev–Trinajstić information content (AvgIpc) is 2.39. The summed E-state index contributed by atoms with van der Waals surface area (Å²) in [7, 11) is 0. The molecular weight excluding hydrogens is 228 g/mol. The molecule has 1 aromatic heterocycles. The predicted octanol–water partition coefficient (Wildman–Crippen LogP) is 2.22. The van der Waals surface area contributed by atoms with E-state index in [1.807, 2.05) is 6.92 Å². The molecule has 0 bridgehead atoms. The molecular formula is C13H22N4O. The summed E-state index contributed by atoms with van der Waals surface area (Å²) in [4.78, 5) is 11.9. The van der Waals surface area contributed by atoms with E-state index in [-0.39, 0.29) is 11.9 Å². The number of rotatable bonds is 7. The number of carbonyl (C=O) groups is 1. The van der Waals surface area contributed by atoms with Crippen LogP contribution in [0, 0.1) is 0 Å². The van der Waals surface area contributed by atoms with E-state index in [1.165, 1.54) is 0 Å². The van der Waals surface area contributed by atoms with Crippen molar-refractivity contribution in [2.75, 3.05) is 11.9 Å². The minimum Gasteiger partial charge on any atom is -0.369 e. The molecule has 18 heavy (non-hydrogen) atoms. The van der Waals surface area contributed by atoms with E-state index in [0.29, 0.717) is 11.5 Å². The van der Waals surface area contributed by atoms with Gasteiger partial charge in [0.2, 0.25) is 0 Å². The lowest BCUT2D eigenvalue weighted by molar-refractivity contribution is 0.0927. The highest BCUT2D eigenvalue weighted by Crippen LogP contribution is 2.05. The van der Waals surface area contributed by atoms with Crippen LogP contribution < -0.4 is 10.6 Å². The van der Waals surface area contributed by atoms with Gasteiger partial charge in [0.25, 0.3) is 5.91 Å². The molecule has 0 aliphatic carbocycles. The molecule has 1 amide bonds. The van der Waals surface area contributed by atoms with Gasteiger partial charge in [-0.1, -0.05) is 20.3 Å². The van der Waals surface area contributed by atoms with Crippen molar-refractivity contribution in [2.45, 2.75) is 46.1 Å². The van der Waals surface area contributed by atoms with E-state index in [1.54, 1.807) is 12.1 Å². The molecule has 2 N–H and O–H groups in total. The third-order valence-corrected chi connectivity index (χ3v) is 2.72. The zero-order valence-electron chi connectivity index (χ0n) is 11.4. The van der Waals surface area contributed by atoms with Crippen LogP contribution in [0.3, 0.4) is 0 Å². The summed E-state index contributed by atoms with van der Waals surface area (Å²) >= 11 is 0. The Hall–Kier alpha value is -1.65. The van der Waals surface area contributed by atoms with E-state index in [4.69, 9.17) is 0 Å². The highest BCUT2D eigenvalue weighted by Gasteiger charge is 2.12. The van der Waals surface area contributed by atoms with Crippen LogP contribution in [0.2, 0.25) is 0 Å². The van der Waals surface area contributed by atoms with Gasteiger partial charge in [0.05, 0.1) is 0 Å². The molecule has 0 spiro atoms. The van der Waals surface area contributed by atoms with Crippen molar-refractivity contribution in [3.05, 3.63) is 17.8 Å². The van der Waals surface area contributed by atoms with Crippen molar-refractivity contribution in [1.82, 2.24) is 15.5 Å². The molecule has 0 aliphatic rings. The standard InChI is InChI=1S/C13H22N4O/c1-4-7-10(5-2)15-13(18)11-8-9-12(14-6-3)17-16-11/h8-10H,4-7H2,1-3H3,(H,14,17)(H,15,18). The first-order valence-electron chi connectivity index (χ1n) is 6.59. The van der Waals surface area contributed by atoms with Crippen LogP contribution in [0.1, 0.15) is 50.5 Å². The molecule has 0 aromatic carbocycles. The van der Waals surface area contributed by atoms with Crippen molar-refractivity contribution >= 4 is 11.7 Å². The highest BCUT2D eigenvalue weighted by atomic mass is 16.2. The molecule has 1 atom stereocenters. The minimum absolute atomic E-state index is 0.147. The van der Waals surface area contributed by atoms with Crippen molar-refractivity contribution in [3.63, 3.8) is 0 Å². The number of nitrogens with zero attached hydrogens (tertiary/aromatic N) is 2. The maximum atomic E-state index is 11.9. The van der Waals surface area contributed by atoms with Crippen LogP contribution in [0.4, 0.5) is 5.82 Å². The zero-order chi connectivity index (χ0) is 13.4. The molecule has 1 rings (SSSR count). The van der Waals surface area contributed by atoms with Gasteiger partial charge in [0.1, 0.15) is 5.82 Å². The summed E-state index contributed by atoms with van der Waals surface area (Å²) in [5, 5.41) is 13.9. The predicted molar refractivity (Wildman–Crippen MR) is 72.6 cm³/mol. The quantitative estimate of drug-likeness (QED) is 0.778. The third kappa shape index (κ3) is 4.31. The smallest absolute Gasteiger partial charge is 0.272 e. The number of carbonyl (C=O) groups excluding carboxylic acids is 1. The number of hydrogen-bond acceptors (Lipinski definition) is 4. The molecule has 1 unspecified atom stereocenters. The van der Waals surface area contributed by atoms with Crippen molar-refractivity contribution in [1.29, 1.82) is 0 Å². The van der Waals surface area contributed by atoms with Crippen LogP contribution in [-0.2, 0) is 0 Å². The second-order valence-electron chi connectivity index (χ2n) is 4.20. The minimum atomic E-state index is -0.147. The van der Waals surface area contributed by atoms with Crippen molar-refractivity contribution < 1.29 is 4.79 Å². The van der Waals surface area contributed by atoms with Gasteiger partial charge in [-0.15, -0.1) is 10.2 Å². The summed E-state index contributed by atoms with van der Waals surface area (Å²) in [5.41, 5.74) is 0.367. The van der Waals surface area contributed by atoms with Crippen LogP contribution in [0.15, 0.2) is 12.1 Å².